The van der Waals surface area contributed by atoms with E-state index < -0.39 is 0 Å². The van der Waals surface area contributed by atoms with Crippen LogP contribution in [0.15, 0.2) is 24.3 Å². The first-order valence-corrected chi connectivity index (χ1v) is 7.04. The molecule has 5 heteroatoms. The monoisotopic (exact) mass is 275 g/mol. The van der Waals surface area contributed by atoms with Gasteiger partial charge in [0, 0.05) is 0 Å². The van der Waals surface area contributed by atoms with Gasteiger partial charge in [0.05, 0.1) is 30.7 Å². The molecule has 1 aromatic carbocycles. The fourth-order valence-electron chi connectivity index (χ4n) is 2.21. The van der Waals surface area contributed by atoms with Crippen molar-refractivity contribution in [3.8, 4) is 0 Å². The number of H-pyrrole nitrogens is 1. The molecule has 1 N–H and O–H groups in total. The Morgan fingerprint density at radius 2 is 2.15 bits per heavy atom. The molecule has 2 rings (SSSR count). The summed E-state index contributed by atoms with van der Waals surface area (Å²) in [6.07, 6.45) is 0.986. The van der Waals surface area contributed by atoms with Gasteiger partial charge in [0.25, 0.3) is 0 Å². The van der Waals surface area contributed by atoms with Crippen molar-refractivity contribution in [2.45, 2.75) is 26.8 Å². The number of para-hydroxylation sites is 2. The van der Waals surface area contributed by atoms with Crippen LogP contribution in [0.3, 0.4) is 0 Å². The van der Waals surface area contributed by atoms with Crippen LogP contribution in [0, 0.1) is 0 Å². The van der Waals surface area contributed by atoms with Gasteiger partial charge in [-0.25, -0.2) is 4.98 Å². The topological polar surface area (TPSA) is 58.2 Å². The number of fused-ring (bicyclic) bond motifs is 1. The van der Waals surface area contributed by atoms with Gasteiger partial charge in [0.1, 0.15) is 5.82 Å². The standard InChI is InChI=1S/C15H21N3O2/c1-3-9-18(11-15(19)20-4-2)10-14-16-12-7-5-6-8-13(12)17-14/h5-8H,3-4,9-11H2,1-2H3,(H,16,17). The lowest BCUT2D eigenvalue weighted by atomic mass is 10.3. The predicted octanol–water partition coefficient (Wildman–Crippen LogP) is 2.34. The van der Waals surface area contributed by atoms with Gasteiger partial charge in [-0.05, 0) is 32.0 Å². The number of hydrogen-bond acceptors (Lipinski definition) is 4. The Hall–Kier alpha value is -1.88. The van der Waals surface area contributed by atoms with E-state index in [9.17, 15) is 4.79 Å². The first kappa shape index (κ1) is 14.5. The van der Waals surface area contributed by atoms with Crippen molar-refractivity contribution in [2.75, 3.05) is 19.7 Å². The number of benzene rings is 1. The van der Waals surface area contributed by atoms with E-state index in [1.165, 1.54) is 0 Å². The summed E-state index contributed by atoms with van der Waals surface area (Å²) >= 11 is 0. The zero-order chi connectivity index (χ0) is 14.4. The molecule has 0 saturated carbocycles. The second-order valence-corrected chi connectivity index (χ2v) is 4.72. The van der Waals surface area contributed by atoms with E-state index in [4.69, 9.17) is 4.74 Å². The number of nitrogens with zero attached hydrogens (tertiary/aromatic N) is 2. The molecule has 0 fully saturated rings. The van der Waals surface area contributed by atoms with Crippen LogP contribution in [0.1, 0.15) is 26.1 Å². The second kappa shape index (κ2) is 7.05. The Kier molecular flexibility index (Phi) is 5.12. The molecule has 1 aromatic heterocycles. The molecular weight excluding hydrogens is 254 g/mol. The molecular formula is C15H21N3O2. The fraction of sp³-hybridized carbons (Fsp3) is 0.467. The Labute approximate surface area is 118 Å². The number of nitrogens with one attached hydrogen (secondary N) is 1. The normalized spacial score (nSPS) is 11.2. The van der Waals surface area contributed by atoms with Crippen molar-refractivity contribution in [2.24, 2.45) is 0 Å². The molecule has 1 heterocycles. The summed E-state index contributed by atoms with van der Waals surface area (Å²) in [5, 5.41) is 0. The molecule has 108 valence electrons. The largest absolute Gasteiger partial charge is 0.465 e. The maximum Gasteiger partial charge on any atom is 0.320 e. The van der Waals surface area contributed by atoms with E-state index in [1.54, 1.807) is 0 Å². The van der Waals surface area contributed by atoms with Crippen molar-refractivity contribution >= 4 is 17.0 Å². The molecule has 2 aromatic rings. The van der Waals surface area contributed by atoms with Gasteiger partial charge in [-0.15, -0.1) is 0 Å². The smallest absolute Gasteiger partial charge is 0.320 e. The minimum Gasteiger partial charge on any atom is -0.465 e. The Morgan fingerprint density at radius 1 is 1.35 bits per heavy atom. The maximum atomic E-state index is 11.6. The molecule has 0 unspecified atom stereocenters. The minimum atomic E-state index is -0.183. The van der Waals surface area contributed by atoms with Crippen molar-refractivity contribution in [1.82, 2.24) is 14.9 Å². The molecule has 0 spiro atoms. The number of ether oxygens (including phenoxy) is 1. The molecule has 0 radical (unpaired) electrons. The van der Waals surface area contributed by atoms with Gasteiger partial charge >= 0.3 is 5.97 Å². The van der Waals surface area contributed by atoms with E-state index in [0.29, 0.717) is 19.7 Å². The van der Waals surface area contributed by atoms with Crippen molar-refractivity contribution in [3.63, 3.8) is 0 Å². The quantitative estimate of drug-likeness (QED) is 0.788. The lowest BCUT2D eigenvalue weighted by Crippen LogP contribution is -2.31. The first-order valence-electron chi connectivity index (χ1n) is 7.04. The number of carbonyl (C=O) groups is 1. The predicted molar refractivity (Wildman–Crippen MR) is 78.3 cm³/mol. The van der Waals surface area contributed by atoms with Crippen LogP contribution in [0.5, 0.6) is 0 Å². The summed E-state index contributed by atoms with van der Waals surface area (Å²) in [6.45, 7) is 6.11. The lowest BCUT2D eigenvalue weighted by Gasteiger charge is -2.19. The molecule has 0 aliphatic heterocycles. The molecule has 0 bridgehead atoms. The Morgan fingerprint density at radius 3 is 2.85 bits per heavy atom. The number of aromatic amines is 1. The number of imidazole rings is 1. The Balaban J connectivity index is 2.04. The summed E-state index contributed by atoms with van der Waals surface area (Å²) in [7, 11) is 0. The van der Waals surface area contributed by atoms with E-state index in [1.807, 2.05) is 31.2 Å². The highest BCUT2D eigenvalue weighted by Gasteiger charge is 2.13. The molecule has 0 aliphatic rings. The van der Waals surface area contributed by atoms with Crippen molar-refractivity contribution < 1.29 is 9.53 Å². The van der Waals surface area contributed by atoms with Crippen LogP contribution in [0.2, 0.25) is 0 Å². The summed E-state index contributed by atoms with van der Waals surface area (Å²) in [5.74, 6) is 0.695. The van der Waals surface area contributed by atoms with E-state index in [-0.39, 0.29) is 5.97 Å². The van der Waals surface area contributed by atoms with Crippen molar-refractivity contribution in [1.29, 1.82) is 0 Å². The summed E-state index contributed by atoms with van der Waals surface area (Å²) in [5.41, 5.74) is 1.98. The molecule has 5 nitrogen and oxygen atoms in total. The maximum absolute atomic E-state index is 11.6. The van der Waals surface area contributed by atoms with Crippen LogP contribution < -0.4 is 0 Å². The number of hydrogen-bond donors (Lipinski definition) is 1. The number of rotatable bonds is 7. The van der Waals surface area contributed by atoms with Crippen LogP contribution in [0.25, 0.3) is 11.0 Å². The highest BCUT2D eigenvalue weighted by atomic mass is 16.5. The third-order valence-electron chi connectivity index (χ3n) is 3.01. The lowest BCUT2D eigenvalue weighted by molar-refractivity contribution is -0.144. The van der Waals surface area contributed by atoms with E-state index in [2.05, 4.69) is 21.8 Å². The average molecular weight is 275 g/mol. The van der Waals surface area contributed by atoms with E-state index in [0.717, 1.165) is 29.8 Å². The summed E-state index contributed by atoms with van der Waals surface area (Å²) in [4.78, 5) is 21.5. The fourth-order valence-corrected chi connectivity index (χ4v) is 2.21. The molecule has 0 saturated heterocycles. The van der Waals surface area contributed by atoms with Gasteiger partial charge in [-0.1, -0.05) is 19.1 Å². The molecule has 0 atom stereocenters. The molecule has 0 aliphatic carbocycles. The number of esters is 1. The highest BCUT2D eigenvalue weighted by molar-refractivity contribution is 5.74. The summed E-state index contributed by atoms with van der Waals surface area (Å²) in [6, 6.07) is 7.92. The van der Waals surface area contributed by atoms with Gasteiger partial charge < -0.3 is 9.72 Å². The van der Waals surface area contributed by atoms with Crippen LogP contribution in [-0.2, 0) is 16.1 Å². The number of aromatic nitrogens is 2. The minimum absolute atomic E-state index is 0.183. The third kappa shape index (κ3) is 3.81. The Bertz CT molecular complexity index is 532. The first-order chi connectivity index (χ1) is 9.72. The highest BCUT2D eigenvalue weighted by Crippen LogP contribution is 2.12. The second-order valence-electron chi connectivity index (χ2n) is 4.72. The third-order valence-corrected chi connectivity index (χ3v) is 3.01. The van der Waals surface area contributed by atoms with E-state index >= 15 is 0 Å². The summed E-state index contributed by atoms with van der Waals surface area (Å²) < 4.78 is 5.00. The van der Waals surface area contributed by atoms with Gasteiger partial charge in [-0.2, -0.15) is 0 Å². The van der Waals surface area contributed by atoms with Crippen molar-refractivity contribution in [3.05, 3.63) is 30.1 Å². The zero-order valence-electron chi connectivity index (χ0n) is 12.1. The van der Waals surface area contributed by atoms with Gasteiger partial charge in [0.2, 0.25) is 0 Å². The molecule has 0 amide bonds. The van der Waals surface area contributed by atoms with Crippen LogP contribution >= 0.6 is 0 Å². The van der Waals surface area contributed by atoms with Gasteiger partial charge in [-0.3, -0.25) is 9.69 Å². The van der Waals surface area contributed by atoms with Gasteiger partial charge in [0.15, 0.2) is 0 Å². The zero-order valence-corrected chi connectivity index (χ0v) is 12.1. The SMILES string of the molecule is CCCN(CC(=O)OCC)Cc1nc2ccccc2[nH]1. The van der Waals surface area contributed by atoms with Crippen LogP contribution in [0.4, 0.5) is 0 Å². The van der Waals surface area contributed by atoms with Crippen LogP contribution in [-0.4, -0.2) is 40.5 Å². The number of carbonyl (C=O) groups excluding carboxylic acids is 1. The molecule has 20 heavy (non-hydrogen) atoms. The average Bonchev–Trinajstić information content (AvgIpc) is 2.81.